The summed E-state index contributed by atoms with van der Waals surface area (Å²) in [6, 6.07) is 13.3. The monoisotopic (exact) mass is 360 g/mol. The van der Waals surface area contributed by atoms with Crippen LogP contribution < -0.4 is 5.06 Å². The summed E-state index contributed by atoms with van der Waals surface area (Å²) in [6.45, 7) is 0.199. The van der Waals surface area contributed by atoms with Crippen molar-refractivity contribution in [3.63, 3.8) is 0 Å². The Morgan fingerprint density at radius 2 is 1.81 bits per heavy atom. The number of benzene rings is 1. The van der Waals surface area contributed by atoms with Gasteiger partial charge in [-0.05, 0) is 17.7 Å². The van der Waals surface area contributed by atoms with Crippen LogP contribution in [0.2, 0.25) is 0 Å². The zero-order valence-electron chi connectivity index (χ0n) is 13.8. The molecule has 0 amide bonds. The molecule has 0 N–H and O–H groups in total. The molecule has 26 heavy (non-hydrogen) atoms. The summed E-state index contributed by atoms with van der Waals surface area (Å²) >= 11 is 0. The van der Waals surface area contributed by atoms with E-state index in [2.05, 4.69) is 15.0 Å². The number of alkyl halides is 3. The smallest absolute Gasteiger partial charge is 0.268 e. The molecule has 3 aromatic rings. The number of nitrogens with zero attached hydrogens (tertiary/aromatic N) is 4. The molecule has 8 heteroatoms. The SMILES string of the molecule is CN(OCc1ccccc1)c1cc(C(F)(F)F)nc(-c2cccnc2)n1. The molecule has 5 nitrogen and oxygen atoms in total. The van der Waals surface area contributed by atoms with E-state index in [-0.39, 0.29) is 18.2 Å². The van der Waals surface area contributed by atoms with E-state index in [4.69, 9.17) is 4.84 Å². The second-order valence-corrected chi connectivity index (χ2v) is 5.43. The second kappa shape index (κ2) is 7.49. The van der Waals surface area contributed by atoms with Crippen LogP contribution in [0.4, 0.5) is 19.0 Å². The van der Waals surface area contributed by atoms with Crippen molar-refractivity contribution in [2.24, 2.45) is 0 Å². The number of halogens is 3. The van der Waals surface area contributed by atoms with Crippen LogP contribution in [0.15, 0.2) is 60.9 Å². The van der Waals surface area contributed by atoms with E-state index in [1.54, 1.807) is 12.1 Å². The third-order valence-electron chi connectivity index (χ3n) is 3.51. The van der Waals surface area contributed by atoms with Gasteiger partial charge in [0.2, 0.25) is 0 Å². The molecule has 1 aromatic carbocycles. The Morgan fingerprint density at radius 1 is 1.04 bits per heavy atom. The maximum absolute atomic E-state index is 13.2. The first-order valence-electron chi connectivity index (χ1n) is 7.71. The summed E-state index contributed by atoms with van der Waals surface area (Å²) in [5.74, 6) is -0.0693. The highest BCUT2D eigenvalue weighted by atomic mass is 19.4. The van der Waals surface area contributed by atoms with E-state index in [9.17, 15) is 13.2 Å². The molecule has 0 unspecified atom stereocenters. The molecule has 0 aliphatic heterocycles. The molecule has 2 aromatic heterocycles. The van der Waals surface area contributed by atoms with Gasteiger partial charge in [0.15, 0.2) is 17.3 Å². The molecule has 0 spiro atoms. The predicted octanol–water partition coefficient (Wildman–Crippen LogP) is 4.13. The van der Waals surface area contributed by atoms with Crippen molar-refractivity contribution in [1.29, 1.82) is 0 Å². The average molecular weight is 360 g/mol. The molecular formula is C18H15F3N4O. The van der Waals surface area contributed by atoms with Crippen LogP contribution in [0, 0.1) is 0 Å². The van der Waals surface area contributed by atoms with Gasteiger partial charge < -0.3 is 0 Å². The Kier molecular flexibility index (Phi) is 5.13. The molecule has 0 aliphatic rings. The molecule has 0 saturated carbocycles. The van der Waals surface area contributed by atoms with Crippen LogP contribution in [0.1, 0.15) is 11.3 Å². The molecule has 134 valence electrons. The van der Waals surface area contributed by atoms with Gasteiger partial charge in [0.25, 0.3) is 0 Å². The van der Waals surface area contributed by atoms with Crippen molar-refractivity contribution < 1.29 is 18.0 Å². The minimum Gasteiger partial charge on any atom is -0.268 e. The fourth-order valence-corrected chi connectivity index (χ4v) is 2.18. The number of hydroxylamine groups is 1. The second-order valence-electron chi connectivity index (χ2n) is 5.43. The number of rotatable bonds is 5. The fourth-order valence-electron chi connectivity index (χ4n) is 2.18. The van der Waals surface area contributed by atoms with Gasteiger partial charge in [-0.25, -0.2) is 15.0 Å². The van der Waals surface area contributed by atoms with E-state index in [1.165, 1.54) is 24.5 Å². The first kappa shape index (κ1) is 17.8. The van der Waals surface area contributed by atoms with Crippen LogP contribution in [0.3, 0.4) is 0 Å². The lowest BCUT2D eigenvalue weighted by Gasteiger charge is -2.19. The summed E-state index contributed by atoms with van der Waals surface area (Å²) in [5.41, 5.74) is 0.227. The van der Waals surface area contributed by atoms with Gasteiger partial charge in [-0.1, -0.05) is 30.3 Å². The molecule has 0 bridgehead atoms. The largest absolute Gasteiger partial charge is 0.433 e. The first-order chi connectivity index (χ1) is 12.4. The number of aromatic nitrogens is 3. The molecule has 0 radical (unpaired) electrons. The normalized spacial score (nSPS) is 11.4. The summed E-state index contributed by atoms with van der Waals surface area (Å²) in [6.07, 6.45) is -1.67. The summed E-state index contributed by atoms with van der Waals surface area (Å²) in [4.78, 5) is 17.2. The molecule has 0 aliphatic carbocycles. The molecule has 3 rings (SSSR count). The maximum Gasteiger partial charge on any atom is 0.433 e. The maximum atomic E-state index is 13.2. The zero-order valence-corrected chi connectivity index (χ0v) is 13.8. The number of hydrogen-bond acceptors (Lipinski definition) is 5. The number of anilines is 1. The first-order valence-corrected chi connectivity index (χ1v) is 7.71. The summed E-state index contributed by atoms with van der Waals surface area (Å²) in [5, 5.41) is 1.20. The average Bonchev–Trinajstić information content (AvgIpc) is 2.66. The van der Waals surface area contributed by atoms with E-state index < -0.39 is 11.9 Å². The van der Waals surface area contributed by atoms with Crippen LogP contribution in [-0.4, -0.2) is 22.0 Å². The van der Waals surface area contributed by atoms with Crippen molar-refractivity contribution in [3.05, 3.63) is 72.2 Å². The third kappa shape index (κ3) is 4.34. The van der Waals surface area contributed by atoms with Crippen molar-refractivity contribution in [2.75, 3.05) is 12.1 Å². The van der Waals surface area contributed by atoms with E-state index in [0.29, 0.717) is 5.56 Å². The Balaban J connectivity index is 1.90. The van der Waals surface area contributed by atoms with Gasteiger partial charge in [0.05, 0.1) is 6.61 Å². The van der Waals surface area contributed by atoms with Crippen LogP contribution >= 0.6 is 0 Å². The fraction of sp³-hybridized carbons (Fsp3) is 0.167. The molecular weight excluding hydrogens is 345 g/mol. The Labute approximate surface area is 148 Å². The Morgan fingerprint density at radius 3 is 2.46 bits per heavy atom. The van der Waals surface area contributed by atoms with Gasteiger partial charge in [0.1, 0.15) is 0 Å². The highest BCUT2D eigenvalue weighted by Gasteiger charge is 2.34. The van der Waals surface area contributed by atoms with Crippen LogP contribution in [0.5, 0.6) is 0 Å². The van der Waals surface area contributed by atoms with Gasteiger partial charge in [-0.3, -0.25) is 9.82 Å². The van der Waals surface area contributed by atoms with Crippen molar-refractivity contribution in [1.82, 2.24) is 15.0 Å². The lowest BCUT2D eigenvalue weighted by Crippen LogP contribution is -2.21. The lowest BCUT2D eigenvalue weighted by molar-refractivity contribution is -0.141. The minimum absolute atomic E-state index is 0.00195. The van der Waals surface area contributed by atoms with Gasteiger partial charge in [-0.15, -0.1) is 0 Å². The molecule has 0 atom stereocenters. The highest BCUT2D eigenvalue weighted by Crippen LogP contribution is 2.31. The van der Waals surface area contributed by atoms with Gasteiger partial charge >= 0.3 is 6.18 Å². The topological polar surface area (TPSA) is 51.1 Å². The molecule has 0 saturated heterocycles. The quantitative estimate of drug-likeness (QED) is 0.641. The van der Waals surface area contributed by atoms with E-state index in [0.717, 1.165) is 11.6 Å². The highest BCUT2D eigenvalue weighted by molar-refractivity contribution is 5.56. The van der Waals surface area contributed by atoms with E-state index >= 15 is 0 Å². The lowest BCUT2D eigenvalue weighted by atomic mass is 10.2. The predicted molar refractivity (Wildman–Crippen MR) is 89.9 cm³/mol. The third-order valence-corrected chi connectivity index (χ3v) is 3.51. The number of hydrogen-bond donors (Lipinski definition) is 0. The van der Waals surface area contributed by atoms with Gasteiger partial charge in [-0.2, -0.15) is 13.2 Å². The molecule has 0 fully saturated rings. The van der Waals surface area contributed by atoms with Crippen LogP contribution in [0.25, 0.3) is 11.4 Å². The minimum atomic E-state index is -4.60. The standard InChI is InChI=1S/C18H15F3N4O/c1-25(26-12-13-6-3-2-4-7-13)16-10-15(18(19,20)21)23-17(24-16)14-8-5-9-22-11-14/h2-11H,12H2,1H3. The van der Waals surface area contributed by atoms with Crippen molar-refractivity contribution in [3.8, 4) is 11.4 Å². The van der Waals surface area contributed by atoms with E-state index in [1.807, 2.05) is 30.3 Å². The van der Waals surface area contributed by atoms with Gasteiger partial charge in [0, 0.05) is 31.1 Å². The zero-order chi connectivity index (χ0) is 18.6. The molecule has 2 heterocycles. The van der Waals surface area contributed by atoms with Crippen molar-refractivity contribution in [2.45, 2.75) is 12.8 Å². The summed E-state index contributed by atoms with van der Waals surface area (Å²) < 4.78 is 39.6. The number of pyridine rings is 1. The Hall–Kier alpha value is -3.00. The van der Waals surface area contributed by atoms with Crippen molar-refractivity contribution >= 4 is 5.82 Å². The summed E-state index contributed by atoms with van der Waals surface area (Å²) in [7, 11) is 1.50. The Bertz CT molecular complexity index is 857. The van der Waals surface area contributed by atoms with Crippen LogP contribution in [-0.2, 0) is 17.6 Å².